The van der Waals surface area contributed by atoms with Crippen molar-refractivity contribution in [3.8, 4) is 0 Å². The van der Waals surface area contributed by atoms with Crippen LogP contribution in [0.1, 0.15) is 57.8 Å². The lowest BCUT2D eigenvalue weighted by atomic mass is 10.1. The van der Waals surface area contributed by atoms with Gasteiger partial charge in [0.15, 0.2) is 5.69 Å². The highest BCUT2D eigenvalue weighted by molar-refractivity contribution is 7.89. The van der Waals surface area contributed by atoms with Gasteiger partial charge in [-0.15, -0.1) is 0 Å². The Balaban J connectivity index is 2.06. The van der Waals surface area contributed by atoms with E-state index < -0.39 is 27.2 Å². The summed E-state index contributed by atoms with van der Waals surface area (Å²) < 4.78 is 35.1. The molecule has 1 saturated heterocycles. The molecule has 0 unspecified atom stereocenters. The number of ether oxygens (including phenoxy) is 1. The highest BCUT2D eigenvalue weighted by Crippen LogP contribution is 2.25. The molecule has 1 fully saturated rings. The van der Waals surface area contributed by atoms with Gasteiger partial charge in [-0.25, -0.2) is 13.2 Å². The van der Waals surface area contributed by atoms with Crippen LogP contribution in [-0.4, -0.2) is 60.0 Å². The van der Waals surface area contributed by atoms with Gasteiger partial charge in [0.05, 0.1) is 17.1 Å². The minimum absolute atomic E-state index is 0.0288. The van der Waals surface area contributed by atoms with Crippen molar-refractivity contribution >= 4 is 27.4 Å². The van der Waals surface area contributed by atoms with Crippen LogP contribution in [-0.2, 0) is 21.3 Å². The maximum atomic E-state index is 13.8. The van der Waals surface area contributed by atoms with Crippen LogP contribution in [0.25, 0.3) is 0 Å². The zero-order chi connectivity index (χ0) is 27.5. The molecule has 3 N–H and O–H groups in total. The number of rotatable bonds is 9. The van der Waals surface area contributed by atoms with Gasteiger partial charge in [0.25, 0.3) is 11.5 Å². The van der Waals surface area contributed by atoms with E-state index >= 15 is 0 Å². The number of nitrogens with two attached hydrogens (primary N) is 1. The average molecular weight is 536 g/mol. The van der Waals surface area contributed by atoms with Gasteiger partial charge in [-0.2, -0.15) is 4.31 Å². The lowest BCUT2D eigenvalue weighted by Gasteiger charge is -2.34. The topological polar surface area (TPSA) is 148 Å². The first-order chi connectivity index (χ1) is 17.4. The second-order valence-corrected chi connectivity index (χ2v) is 11.9. The molecule has 12 heteroatoms. The van der Waals surface area contributed by atoms with Gasteiger partial charge in [0.1, 0.15) is 5.82 Å². The third-order valence-corrected chi connectivity index (χ3v) is 7.94. The molecule has 1 aromatic carbocycles. The summed E-state index contributed by atoms with van der Waals surface area (Å²) >= 11 is 0. The van der Waals surface area contributed by atoms with E-state index in [1.807, 2.05) is 34.6 Å². The molecule has 1 aromatic heterocycles. The second-order valence-electron chi connectivity index (χ2n) is 9.92. The Kier molecular flexibility index (Phi) is 8.98. The minimum Gasteiger partial charge on any atom is -0.383 e. The Morgan fingerprint density at radius 1 is 1.22 bits per heavy atom. The van der Waals surface area contributed by atoms with Crippen molar-refractivity contribution in [1.29, 1.82) is 0 Å². The third-order valence-electron chi connectivity index (χ3n) is 6.12. The number of aromatic amines is 1. The highest BCUT2D eigenvalue weighted by atomic mass is 32.2. The molecule has 37 heavy (non-hydrogen) atoms. The van der Waals surface area contributed by atoms with Gasteiger partial charge < -0.3 is 15.4 Å². The summed E-state index contributed by atoms with van der Waals surface area (Å²) in [5.74, 6) is -0.745. The largest absolute Gasteiger partial charge is 0.383 e. The summed E-state index contributed by atoms with van der Waals surface area (Å²) in [6.07, 6.45) is 0.939. The number of aromatic nitrogens is 2. The van der Waals surface area contributed by atoms with Crippen molar-refractivity contribution in [3.05, 3.63) is 50.7 Å². The number of nitrogens with zero attached hydrogens (tertiary/aromatic N) is 3. The van der Waals surface area contributed by atoms with Crippen molar-refractivity contribution in [3.63, 3.8) is 0 Å². The highest BCUT2D eigenvalue weighted by Gasteiger charge is 2.33. The summed E-state index contributed by atoms with van der Waals surface area (Å²) in [5, 5.41) is 0. The fraction of sp³-hybridized carbons (Fsp3) is 0.560. The molecular weight excluding hydrogens is 498 g/mol. The summed E-state index contributed by atoms with van der Waals surface area (Å²) in [6.45, 7) is 10.2. The number of nitrogens with one attached hydrogen (secondary N) is 1. The van der Waals surface area contributed by atoms with E-state index in [2.05, 4.69) is 4.98 Å². The molecule has 1 aliphatic rings. The summed E-state index contributed by atoms with van der Waals surface area (Å²) in [6, 6.07) is 5.75. The number of nitrogen functional groups attached to an aromatic ring is 1. The molecule has 2 heterocycles. The number of morpholine rings is 1. The smallest absolute Gasteiger partial charge is 0.330 e. The van der Waals surface area contributed by atoms with Crippen LogP contribution in [0.5, 0.6) is 0 Å². The zero-order valence-corrected chi connectivity index (χ0v) is 22.9. The quantitative estimate of drug-likeness (QED) is 0.499. The first kappa shape index (κ1) is 28.6. The van der Waals surface area contributed by atoms with Gasteiger partial charge in [-0.05, 0) is 44.4 Å². The van der Waals surface area contributed by atoms with Crippen LogP contribution >= 0.6 is 0 Å². The van der Waals surface area contributed by atoms with Crippen LogP contribution in [0.3, 0.4) is 0 Å². The van der Waals surface area contributed by atoms with E-state index in [4.69, 9.17) is 10.5 Å². The number of anilines is 2. The molecule has 1 amide bonds. The molecule has 3 rings (SSSR count). The maximum Gasteiger partial charge on any atom is 0.330 e. The zero-order valence-electron chi connectivity index (χ0n) is 22.1. The van der Waals surface area contributed by atoms with Crippen LogP contribution in [0.15, 0.2) is 38.8 Å². The van der Waals surface area contributed by atoms with Gasteiger partial charge in [0.2, 0.25) is 10.0 Å². The van der Waals surface area contributed by atoms with E-state index in [1.54, 1.807) is 0 Å². The number of carbonyl (C=O) groups is 1. The number of hydrogen-bond donors (Lipinski definition) is 2. The van der Waals surface area contributed by atoms with E-state index in [1.165, 1.54) is 38.0 Å². The van der Waals surface area contributed by atoms with Gasteiger partial charge in [-0.3, -0.25) is 19.1 Å². The molecule has 2 aromatic rings. The maximum absolute atomic E-state index is 13.8. The molecule has 0 saturated carbocycles. The molecular formula is C25H37N5O6S. The van der Waals surface area contributed by atoms with Crippen molar-refractivity contribution in [1.82, 2.24) is 13.9 Å². The Morgan fingerprint density at radius 3 is 2.46 bits per heavy atom. The van der Waals surface area contributed by atoms with Gasteiger partial charge >= 0.3 is 5.69 Å². The van der Waals surface area contributed by atoms with Crippen LogP contribution in [0, 0.1) is 5.92 Å². The van der Waals surface area contributed by atoms with Crippen molar-refractivity contribution in [2.45, 2.75) is 71.1 Å². The van der Waals surface area contributed by atoms with E-state index in [9.17, 15) is 22.8 Å². The van der Waals surface area contributed by atoms with E-state index in [-0.39, 0.29) is 59.7 Å². The Hall–Kier alpha value is -2.96. The lowest BCUT2D eigenvalue weighted by molar-refractivity contribution is -0.0440. The average Bonchev–Trinajstić information content (AvgIpc) is 2.82. The molecule has 0 radical (unpaired) electrons. The monoisotopic (exact) mass is 535 g/mol. The standard InChI is InChI=1S/C25H37N5O6S/c1-6-7-11-29-22(26)21(23(31)27-25(29)33)30(13-16(2)3)24(32)19-9-8-10-20(12-19)37(34,35)28-14-17(4)36-18(5)15-28/h8-10,12,16-18H,6-7,11,13-15,26H2,1-5H3,(H,27,31,33)/t17-,18+. The van der Waals surface area contributed by atoms with Gasteiger partial charge in [0, 0.05) is 31.7 Å². The summed E-state index contributed by atoms with van der Waals surface area (Å²) in [7, 11) is -3.89. The predicted octanol–water partition coefficient (Wildman–Crippen LogP) is 2.02. The molecule has 11 nitrogen and oxygen atoms in total. The van der Waals surface area contributed by atoms with Crippen LogP contribution in [0.4, 0.5) is 11.5 Å². The number of unbranched alkanes of at least 4 members (excludes halogenated alkanes) is 1. The number of amides is 1. The normalized spacial score (nSPS) is 18.8. The number of sulfonamides is 1. The first-order valence-corrected chi connectivity index (χ1v) is 14.0. The first-order valence-electron chi connectivity index (χ1n) is 12.6. The van der Waals surface area contributed by atoms with E-state index in [0.29, 0.717) is 13.0 Å². The molecule has 0 bridgehead atoms. The Bertz CT molecular complexity index is 1340. The Morgan fingerprint density at radius 2 is 1.86 bits per heavy atom. The fourth-order valence-electron chi connectivity index (χ4n) is 4.44. The molecule has 1 aliphatic heterocycles. The number of H-pyrrole nitrogens is 1. The summed E-state index contributed by atoms with van der Waals surface area (Å²) in [4.78, 5) is 42.5. The number of carbonyl (C=O) groups excluding carboxylic acids is 1. The van der Waals surface area contributed by atoms with Crippen molar-refractivity contribution in [2.24, 2.45) is 5.92 Å². The minimum atomic E-state index is -3.89. The second kappa shape index (κ2) is 11.6. The fourth-order valence-corrected chi connectivity index (χ4v) is 6.08. The van der Waals surface area contributed by atoms with Crippen LogP contribution < -0.4 is 21.9 Å². The molecule has 204 valence electrons. The molecule has 0 aliphatic carbocycles. The van der Waals surface area contributed by atoms with Gasteiger partial charge in [-0.1, -0.05) is 33.3 Å². The van der Waals surface area contributed by atoms with Crippen molar-refractivity contribution < 1.29 is 17.9 Å². The molecule has 2 atom stereocenters. The SMILES string of the molecule is CCCCn1c(N)c(N(CC(C)C)C(=O)c2cccc(S(=O)(=O)N3C[C@@H](C)O[C@@H](C)C3)c2)c(=O)[nH]c1=O. The third kappa shape index (κ3) is 6.31. The Labute approximate surface area is 217 Å². The number of benzene rings is 1. The molecule has 0 spiro atoms. The predicted molar refractivity (Wildman–Crippen MR) is 142 cm³/mol. The van der Waals surface area contributed by atoms with Crippen LogP contribution in [0.2, 0.25) is 0 Å². The number of hydrogen-bond acceptors (Lipinski definition) is 7. The lowest BCUT2D eigenvalue weighted by Crippen LogP contribution is -2.48. The summed E-state index contributed by atoms with van der Waals surface area (Å²) in [5.41, 5.74) is 4.82. The van der Waals surface area contributed by atoms with E-state index in [0.717, 1.165) is 6.42 Å². The van der Waals surface area contributed by atoms with Crippen molar-refractivity contribution in [2.75, 3.05) is 30.3 Å².